The summed E-state index contributed by atoms with van der Waals surface area (Å²) in [6.07, 6.45) is 11.0. The Labute approximate surface area is 149 Å². The van der Waals surface area contributed by atoms with Crippen LogP contribution in [0.2, 0.25) is 0 Å². The highest BCUT2D eigenvalue weighted by Gasteiger charge is 2.18. The van der Waals surface area contributed by atoms with E-state index in [1.807, 2.05) is 0 Å². The second-order valence-electron chi connectivity index (χ2n) is 6.11. The first-order valence-electron chi connectivity index (χ1n) is 8.86. The molecule has 0 amide bonds. The van der Waals surface area contributed by atoms with Gasteiger partial charge in [-0.15, -0.1) is 0 Å². The van der Waals surface area contributed by atoms with Crippen molar-refractivity contribution in [1.82, 2.24) is 13.5 Å². The molecule has 7 heteroatoms. The Hall–Kier alpha value is -1.05. The first-order valence-corrected chi connectivity index (χ1v) is 11.1. The smallest absolute Gasteiger partial charge is 0.211 e. The fourth-order valence-electron chi connectivity index (χ4n) is 2.72. The van der Waals surface area contributed by atoms with Crippen molar-refractivity contribution in [3.8, 4) is 0 Å². The topological polar surface area (TPSA) is 72.0 Å². The molecular weight excluding hydrogens is 342 g/mol. The third-order valence-corrected chi connectivity index (χ3v) is 6.15. The summed E-state index contributed by atoms with van der Waals surface area (Å²) in [7, 11) is -3.51. The van der Waals surface area contributed by atoms with Gasteiger partial charge in [0.15, 0.2) is 0 Å². The molecular formula is C17H27N3O2S2. The number of nitrogens with zero attached hydrogens (tertiary/aromatic N) is 2. The van der Waals surface area contributed by atoms with E-state index in [1.165, 1.54) is 44.9 Å². The van der Waals surface area contributed by atoms with E-state index in [0.717, 1.165) is 24.6 Å². The molecule has 1 aromatic heterocycles. The molecule has 0 aliphatic rings. The Morgan fingerprint density at radius 1 is 0.958 bits per heavy atom. The number of rotatable bonds is 12. The molecule has 0 saturated carbocycles. The Morgan fingerprint density at radius 3 is 2.33 bits per heavy atom. The quantitative estimate of drug-likeness (QED) is 0.559. The maximum absolute atomic E-state index is 12.4. The molecule has 0 bridgehead atoms. The number of hydrogen-bond donors (Lipinski definition) is 1. The van der Waals surface area contributed by atoms with E-state index >= 15 is 0 Å². The van der Waals surface area contributed by atoms with Gasteiger partial charge in [-0.2, -0.15) is 8.75 Å². The SMILES string of the molecule is CCCCCCCCCCCNS(=O)(=O)c1cccc2nsnc12. The summed E-state index contributed by atoms with van der Waals surface area (Å²) in [6.45, 7) is 2.71. The van der Waals surface area contributed by atoms with Gasteiger partial charge in [0.25, 0.3) is 0 Å². The molecule has 134 valence electrons. The molecule has 0 unspecified atom stereocenters. The van der Waals surface area contributed by atoms with Crippen LogP contribution in [-0.2, 0) is 10.0 Å². The van der Waals surface area contributed by atoms with Crippen molar-refractivity contribution in [3.05, 3.63) is 18.2 Å². The van der Waals surface area contributed by atoms with Gasteiger partial charge in [0.05, 0.1) is 11.7 Å². The van der Waals surface area contributed by atoms with Crippen molar-refractivity contribution >= 4 is 32.8 Å². The van der Waals surface area contributed by atoms with Crippen LogP contribution in [-0.4, -0.2) is 23.7 Å². The highest BCUT2D eigenvalue weighted by Crippen LogP contribution is 2.20. The first-order chi connectivity index (χ1) is 11.6. The van der Waals surface area contributed by atoms with E-state index in [1.54, 1.807) is 18.2 Å². The normalized spacial score (nSPS) is 12.0. The van der Waals surface area contributed by atoms with Crippen molar-refractivity contribution in [3.63, 3.8) is 0 Å². The average Bonchev–Trinajstić information content (AvgIpc) is 3.05. The van der Waals surface area contributed by atoms with Gasteiger partial charge in [0.1, 0.15) is 15.9 Å². The van der Waals surface area contributed by atoms with Crippen LogP contribution < -0.4 is 4.72 Å². The lowest BCUT2D eigenvalue weighted by Crippen LogP contribution is -2.25. The number of unbranched alkanes of at least 4 members (excludes halogenated alkanes) is 8. The number of fused-ring (bicyclic) bond motifs is 1. The Balaban J connectivity index is 1.68. The number of sulfonamides is 1. The summed E-state index contributed by atoms with van der Waals surface area (Å²) in [4.78, 5) is 0.227. The van der Waals surface area contributed by atoms with Gasteiger partial charge in [0.2, 0.25) is 10.0 Å². The number of nitrogens with one attached hydrogen (secondary N) is 1. The molecule has 1 heterocycles. The fraction of sp³-hybridized carbons (Fsp3) is 0.647. The highest BCUT2D eigenvalue weighted by atomic mass is 32.2. The van der Waals surface area contributed by atoms with Crippen LogP contribution in [0.3, 0.4) is 0 Å². The van der Waals surface area contributed by atoms with Crippen LogP contribution in [0.25, 0.3) is 11.0 Å². The first kappa shape index (κ1) is 19.3. The molecule has 0 aliphatic carbocycles. The van der Waals surface area contributed by atoms with Crippen molar-refractivity contribution in [2.75, 3.05) is 6.54 Å². The highest BCUT2D eigenvalue weighted by molar-refractivity contribution is 7.89. The molecule has 0 atom stereocenters. The second kappa shape index (κ2) is 10.1. The summed E-state index contributed by atoms with van der Waals surface area (Å²) >= 11 is 1.04. The monoisotopic (exact) mass is 369 g/mol. The lowest BCUT2D eigenvalue weighted by Gasteiger charge is -2.07. The largest absolute Gasteiger partial charge is 0.242 e. The summed E-state index contributed by atoms with van der Waals surface area (Å²) < 4.78 is 35.7. The standard InChI is InChI=1S/C17H27N3O2S2/c1-2-3-4-5-6-7-8-9-10-14-18-24(21,22)16-13-11-12-15-17(16)20-23-19-15/h11-13,18H,2-10,14H2,1H3. The minimum Gasteiger partial charge on any atom is -0.211 e. The van der Waals surface area contributed by atoms with E-state index in [4.69, 9.17) is 0 Å². The van der Waals surface area contributed by atoms with Gasteiger partial charge in [-0.3, -0.25) is 0 Å². The van der Waals surface area contributed by atoms with Crippen molar-refractivity contribution in [1.29, 1.82) is 0 Å². The van der Waals surface area contributed by atoms with E-state index in [2.05, 4.69) is 20.4 Å². The Kier molecular flexibility index (Phi) is 8.08. The summed E-state index contributed by atoms with van der Waals surface area (Å²) in [5.74, 6) is 0. The minimum absolute atomic E-state index is 0.227. The van der Waals surface area contributed by atoms with Crippen LogP contribution in [0.5, 0.6) is 0 Å². The van der Waals surface area contributed by atoms with Crippen LogP contribution in [0.1, 0.15) is 64.7 Å². The third kappa shape index (κ3) is 5.79. The van der Waals surface area contributed by atoms with Crippen molar-refractivity contribution in [2.45, 2.75) is 69.6 Å². The molecule has 1 N–H and O–H groups in total. The second-order valence-corrected chi connectivity index (χ2v) is 8.38. The lowest BCUT2D eigenvalue weighted by molar-refractivity contribution is 0.554. The molecule has 0 aliphatic heterocycles. The molecule has 0 fully saturated rings. The van der Waals surface area contributed by atoms with Crippen LogP contribution >= 0.6 is 11.7 Å². The van der Waals surface area contributed by atoms with Gasteiger partial charge < -0.3 is 0 Å². The predicted molar refractivity (Wildman–Crippen MR) is 99.8 cm³/mol. The fourth-order valence-corrected chi connectivity index (χ4v) is 4.56. The van der Waals surface area contributed by atoms with Crippen molar-refractivity contribution < 1.29 is 8.42 Å². The van der Waals surface area contributed by atoms with E-state index in [-0.39, 0.29) is 4.90 Å². The summed E-state index contributed by atoms with van der Waals surface area (Å²) in [6, 6.07) is 5.07. The van der Waals surface area contributed by atoms with E-state index < -0.39 is 10.0 Å². The number of benzene rings is 1. The lowest BCUT2D eigenvalue weighted by atomic mass is 10.1. The van der Waals surface area contributed by atoms with E-state index in [9.17, 15) is 8.42 Å². The van der Waals surface area contributed by atoms with Crippen LogP contribution in [0, 0.1) is 0 Å². The molecule has 0 saturated heterocycles. The number of aromatic nitrogens is 2. The number of hydrogen-bond acceptors (Lipinski definition) is 5. The van der Waals surface area contributed by atoms with E-state index in [0.29, 0.717) is 17.6 Å². The van der Waals surface area contributed by atoms with Gasteiger partial charge in [-0.05, 0) is 18.6 Å². The zero-order valence-electron chi connectivity index (χ0n) is 14.3. The van der Waals surface area contributed by atoms with Gasteiger partial charge >= 0.3 is 0 Å². The zero-order valence-corrected chi connectivity index (χ0v) is 16.0. The zero-order chi connectivity index (χ0) is 17.3. The molecule has 2 rings (SSSR count). The van der Waals surface area contributed by atoms with Crippen LogP contribution in [0.4, 0.5) is 0 Å². The van der Waals surface area contributed by atoms with Crippen LogP contribution in [0.15, 0.2) is 23.1 Å². The predicted octanol–water partition coefficient (Wildman–Crippen LogP) is 4.50. The molecule has 5 nitrogen and oxygen atoms in total. The Bertz CT molecular complexity index is 713. The molecule has 24 heavy (non-hydrogen) atoms. The third-order valence-electron chi connectivity index (χ3n) is 4.11. The molecule has 0 radical (unpaired) electrons. The van der Waals surface area contributed by atoms with Crippen molar-refractivity contribution in [2.24, 2.45) is 0 Å². The minimum atomic E-state index is -3.51. The van der Waals surface area contributed by atoms with Gasteiger partial charge in [-0.25, -0.2) is 13.1 Å². The summed E-state index contributed by atoms with van der Waals surface area (Å²) in [5.41, 5.74) is 1.09. The maximum atomic E-state index is 12.4. The maximum Gasteiger partial charge on any atom is 0.242 e. The molecule has 0 spiro atoms. The molecule has 2 aromatic rings. The summed E-state index contributed by atoms with van der Waals surface area (Å²) in [5, 5.41) is 0. The van der Waals surface area contributed by atoms with Gasteiger partial charge in [0, 0.05) is 6.54 Å². The average molecular weight is 370 g/mol. The molecule has 1 aromatic carbocycles. The van der Waals surface area contributed by atoms with Gasteiger partial charge in [-0.1, -0.05) is 64.4 Å². The Morgan fingerprint density at radius 2 is 1.62 bits per heavy atom.